The Morgan fingerprint density at radius 1 is 1.41 bits per heavy atom. The van der Waals surface area contributed by atoms with E-state index in [0.717, 1.165) is 20.7 Å². The molecular formula is C9H7BrClNO2S3. The van der Waals surface area contributed by atoms with Gasteiger partial charge in [-0.3, -0.25) is 0 Å². The number of sulfonamides is 1. The monoisotopic (exact) mass is 371 g/mol. The maximum absolute atomic E-state index is 11.9. The molecule has 2 heterocycles. The van der Waals surface area contributed by atoms with Crippen molar-refractivity contribution >= 4 is 60.2 Å². The standard InChI is InChI=1S/C9H7BrClNO2S3/c10-7-3-6(5-15-7)4-12-17(13,14)9-2-1-8(11)16-9/h1-3,5,12H,4H2. The molecule has 0 bridgehead atoms. The molecule has 0 spiro atoms. The second-order valence-corrected chi connectivity index (χ2v) is 9.14. The topological polar surface area (TPSA) is 46.2 Å². The zero-order valence-corrected chi connectivity index (χ0v) is 13.1. The molecule has 0 saturated heterocycles. The second kappa shape index (κ2) is 5.38. The summed E-state index contributed by atoms with van der Waals surface area (Å²) in [6.45, 7) is 0.278. The summed E-state index contributed by atoms with van der Waals surface area (Å²) in [5.74, 6) is 0. The van der Waals surface area contributed by atoms with Crippen LogP contribution in [-0.2, 0) is 16.6 Å². The normalized spacial score (nSPS) is 11.9. The smallest absolute Gasteiger partial charge is 0.206 e. The number of nitrogens with one attached hydrogen (secondary N) is 1. The molecule has 0 aliphatic rings. The van der Waals surface area contributed by atoms with Crippen LogP contribution in [0.2, 0.25) is 4.34 Å². The van der Waals surface area contributed by atoms with Gasteiger partial charge in [0.2, 0.25) is 10.0 Å². The van der Waals surface area contributed by atoms with Crippen LogP contribution in [0.5, 0.6) is 0 Å². The summed E-state index contributed by atoms with van der Waals surface area (Å²) < 4.78 is 27.9. The highest BCUT2D eigenvalue weighted by Gasteiger charge is 2.16. The van der Waals surface area contributed by atoms with E-state index in [1.807, 2.05) is 11.4 Å². The van der Waals surface area contributed by atoms with Crippen LogP contribution in [0, 0.1) is 0 Å². The molecule has 0 amide bonds. The average Bonchev–Trinajstić information content (AvgIpc) is 2.85. The Morgan fingerprint density at radius 2 is 2.18 bits per heavy atom. The Bertz CT molecular complexity index is 620. The van der Waals surface area contributed by atoms with Gasteiger partial charge in [0.25, 0.3) is 0 Å². The lowest BCUT2D eigenvalue weighted by Crippen LogP contribution is -2.22. The molecule has 0 atom stereocenters. The zero-order chi connectivity index (χ0) is 12.5. The summed E-state index contributed by atoms with van der Waals surface area (Å²) in [5, 5.41) is 1.90. The maximum atomic E-state index is 11.9. The predicted octanol–water partition coefficient (Wildman–Crippen LogP) is 3.70. The van der Waals surface area contributed by atoms with Crippen molar-refractivity contribution < 1.29 is 8.42 Å². The minimum atomic E-state index is -3.45. The number of hydrogen-bond donors (Lipinski definition) is 1. The highest BCUT2D eigenvalue weighted by Crippen LogP contribution is 2.26. The first kappa shape index (κ1) is 13.5. The third-order valence-electron chi connectivity index (χ3n) is 1.90. The van der Waals surface area contributed by atoms with Gasteiger partial charge < -0.3 is 0 Å². The number of rotatable bonds is 4. The van der Waals surface area contributed by atoms with Crippen molar-refractivity contribution in [3.8, 4) is 0 Å². The van der Waals surface area contributed by atoms with Crippen LogP contribution in [0.1, 0.15) is 5.56 Å². The molecule has 3 nitrogen and oxygen atoms in total. The molecule has 0 unspecified atom stereocenters. The molecule has 0 aliphatic heterocycles. The maximum Gasteiger partial charge on any atom is 0.250 e. The van der Waals surface area contributed by atoms with Crippen LogP contribution in [0.15, 0.2) is 31.6 Å². The van der Waals surface area contributed by atoms with Gasteiger partial charge in [-0.25, -0.2) is 13.1 Å². The first-order valence-electron chi connectivity index (χ1n) is 4.45. The van der Waals surface area contributed by atoms with E-state index in [9.17, 15) is 8.42 Å². The van der Waals surface area contributed by atoms with Gasteiger partial charge in [-0.15, -0.1) is 22.7 Å². The van der Waals surface area contributed by atoms with Gasteiger partial charge in [0, 0.05) is 6.54 Å². The highest BCUT2D eigenvalue weighted by atomic mass is 79.9. The van der Waals surface area contributed by atoms with Crippen molar-refractivity contribution in [2.75, 3.05) is 0 Å². The molecular weight excluding hydrogens is 366 g/mol. The Labute approximate surface area is 121 Å². The molecule has 0 fully saturated rings. The number of halogens is 2. The van der Waals surface area contributed by atoms with Crippen molar-refractivity contribution in [3.63, 3.8) is 0 Å². The first-order chi connectivity index (χ1) is 7.97. The summed E-state index contributed by atoms with van der Waals surface area (Å²) in [6, 6.07) is 4.95. The van der Waals surface area contributed by atoms with Gasteiger partial charge in [-0.05, 0) is 45.1 Å². The fraction of sp³-hybridized carbons (Fsp3) is 0.111. The summed E-state index contributed by atoms with van der Waals surface area (Å²) in [6.07, 6.45) is 0. The van der Waals surface area contributed by atoms with Crippen molar-refractivity contribution in [1.82, 2.24) is 4.72 Å². The van der Waals surface area contributed by atoms with Gasteiger partial charge in [-0.1, -0.05) is 11.6 Å². The highest BCUT2D eigenvalue weighted by molar-refractivity contribution is 9.11. The molecule has 17 heavy (non-hydrogen) atoms. The number of thiophene rings is 2. The summed E-state index contributed by atoms with van der Waals surface area (Å²) in [4.78, 5) is 0. The number of hydrogen-bond acceptors (Lipinski definition) is 4. The van der Waals surface area contributed by atoms with E-state index in [2.05, 4.69) is 20.7 Å². The van der Waals surface area contributed by atoms with E-state index in [-0.39, 0.29) is 10.8 Å². The Morgan fingerprint density at radius 3 is 2.71 bits per heavy atom. The largest absolute Gasteiger partial charge is 0.250 e. The molecule has 1 N–H and O–H groups in total. The second-order valence-electron chi connectivity index (χ2n) is 3.14. The van der Waals surface area contributed by atoms with Crippen LogP contribution < -0.4 is 4.72 Å². The van der Waals surface area contributed by atoms with E-state index in [4.69, 9.17) is 11.6 Å². The summed E-state index contributed by atoms with van der Waals surface area (Å²) in [5.41, 5.74) is 0.924. The predicted molar refractivity (Wildman–Crippen MR) is 75.4 cm³/mol. The minimum absolute atomic E-state index is 0.233. The van der Waals surface area contributed by atoms with Crippen LogP contribution >= 0.6 is 50.2 Å². The lowest BCUT2D eigenvalue weighted by atomic mass is 10.4. The SMILES string of the molecule is O=S(=O)(NCc1csc(Br)c1)c1ccc(Cl)s1. The lowest BCUT2D eigenvalue weighted by Gasteiger charge is -2.02. The van der Waals surface area contributed by atoms with E-state index in [0.29, 0.717) is 4.34 Å². The minimum Gasteiger partial charge on any atom is -0.206 e. The van der Waals surface area contributed by atoms with Gasteiger partial charge in [0.1, 0.15) is 4.21 Å². The third-order valence-corrected chi connectivity index (χ3v) is 6.58. The molecule has 8 heteroatoms. The van der Waals surface area contributed by atoms with Gasteiger partial charge >= 0.3 is 0 Å². The fourth-order valence-electron chi connectivity index (χ4n) is 1.13. The molecule has 0 aliphatic carbocycles. The Balaban J connectivity index is 2.08. The summed E-state index contributed by atoms with van der Waals surface area (Å²) >= 11 is 11.6. The van der Waals surface area contributed by atoms with Crippen LogP contribution in [-0.4, -0.2) is 8.42 Å². The fourth-order valence-corrected chi connectivity index (χ4v) is 4.88. The zero-order valence-electron chi connectivity index (χ0n) is 8.31. The van der Waals surface area contributed by atoms with Crippen molar-refractivity contribution in [3.05, 3.63) is 37.3 Å². The van der Waals surface area contributed by atoms with Gasteiger partial charge in [0.15, 0.2) is 0 Å². The van der Waals surface area contributed by atoms with Gasteiger partial charge in [0.05, 0.1) is 8.12 Å². The van der Waals surface area contributed by atoms with Gasteiger partial charge in [-0.2, -0.15) is 0 Å². The van der Waals surface area contributed by atoms with E-state index in [1.165, 1.54) is 17.4 Å². The van der Waals surface area contributed by atoms with E-state index < -0.39 is 10.0 Å². The summed E-state index contributed by atoms with van der Waals surface area (Å²) in [7, 11) is -3.45. The molecule has 2 aromatic rings. The first-order valence-corrected chi connectivity index (χ1v) is 8.80. The van der Waals surface area contributed by atoms with Crippen LogP contribution in [0.4, 0.5) is 0 Å². The van der Waals surface area contributed by atoms with E-state index in [1.54, 1.807) is 6.07 Å². The quantitative estimate of drug-likeness (QED) is 0.889. The molecule has 0 saturated carbocycles. The Kier molecular flexibility index (Phi) is 4.27. The van der Waals surface area contributed by atoms with Crippen molar-refractivity contribution in [1.29, 1.82) is 0 Å². The van der Waals surface area contributed by atoms with Crippen LogP contribution in [0.25, 0.3) is 0 Å². The molecule has 92 valence electrons. The molecule has 2 aromatic heterocycles. The third kappa shape index (κ3) is 3.52. The van der Waals surface area contributed by atoms with E-state index >= 15 is 0 Å². The molecule has 0 aromatic carbocycles. The lowest BCUT2D eigenvalue weighted by molar-refractivity contribution is 0.583. The average molecular weight is 373 g/mol. The Hall–Kier alpha value is 0.0800. The van der Waals surface area contributed by atoms with Crippen molar-refractivity contribution in [2.24, 2.45) is 0 Å². The van der Waals surface area contributed by atoms with Crippen molar-refractivity contribution in [2.45, 2.75) is 10.8 Å². The molecule has 2 rings (SSSR count). The molecule has 0 radical (unpaired) electrons. The van der Waals surface area contributed by atoms with Crippen LogP contribution in [0.3, 0.4) is 0 Å².